The van der Waals surface area contributed by atoms with Crippen LogP contribution >= 0.6 is 0 Å². The minimum Gasteiger partial charge on any atom is -0.352 e. The summed E-state index contributed by atoms with van der Waals surface area (Å²) in [6.45, 7) is 2.02. The van der Waals surface area contributed by atoms with Crippen LogP contribution in [-0.2, 0) is 11.3 Å². The topological polar surface area (TPSA) is 45.2 Å². The van der Waals surface area contributed by atoms with Crippen molar-refractivity contribution in [1.82, 2.24) is 15.2 Å². The molecule has 2 aliphatic rings. The van der Waals surface area contributed by atoms with Gasteiger partial charge in [0.25, 0.3) is 0 Å². The van der Waals surface area contributed by atoms with E-state index in [0.29, 0.717) is 18.5 Å². The second kappa shape index (κ2) is 7.36. The summed E-state index contributed by atoms with van der Waals surface area (Å²) in [4.78, 5) is 18.8. The number of hydrogen-bond donors (Lipinski definition) is 1. The van der Waals surface area contributed by atoms with Gasteiger partial charge in [-0.25, -0.2) is 0 Å². The average molecular weight is 335 g/mol. The first-order valence-electron chi connectivity index (χ1n) is 9.33. The molecule has 0 unspecified atom stereocenters. The van der Waals surface area contributed by atoms with Crippen LogP contribution in [0.4, 0.5) is 0 Å². The van der Waals surface area contributed by atoms with E-state index in [1.807, 2.05) is 24.4 Å². The van der Waals surface area contributed by atoms with Crippen LogP contribution in [0.2, 0.25) is 0 Å². The molecular formula is C21H25N3O. The van der Waals surface area contributed by atoms with Gasteiger partial charge in [-0.05, 0) is 37.0 Å². The van der Waals surface area contributed by atoms with E-state index in [1.54, 1.807) is 0 Å². The lowest BCUT2D eigenvalue weighted by Crippen LogP contribution is -2.45. The third kappa shape index (κ3) is 3.74. The molecule has 25 heavy (non-hydrogen) atoms. The van der Waals surface area contributed by atoms with Gasteiger partial charge in [0.05, 0.1) is 5.69 Å². The summed E-state index contributed by atoms with van der Waals surface area (Å²) in [6.07, 6.45) is 6.96. The number of benzene rings is 1. The van der Waals surface area contributed by atoms with E-state index >= 15 is 0 Å². The number of nitrogens with zero attached hydrogens (tertiary/aromatic N) is 2. The van der Waals surface area contributed by atoms with Crippen LogP contribution in [0.5, 0.6) is 0 Å². The molecule has 0 radical (unpaired) electrons. The number of carbonyl (C=O) groups is 1. The minimum atomic E-state index is 0.233. The van der Waals surface area contributed by atoms with Crippen LogP contribution in [0.1, 0.15) is 37.7 Å². The third-order valence-electron chi connectivity index (χ3n) is 5.46. The van der Waals surface area contributed by atoms with Crippen LogP contribution in [0.25, 0.3) is 11.3 Å². The smallest absolute Gasteiger partial charge is 0.220 e. The number of rotatable bonds is 3. The highest BCUT2D eigenvalue weighted by molar-refractivity contribution is 5.76. The second-order valence-corrected chi connectivity index (χ2v) is 7.16. The Hall–Kier alpha value is -2.20. The van der Waals surface area contributed by atoms with E-state index in [2.05, 4.69) is 39.5 Å². The molecule has 0 spiro atoms. The van der Waals surface area contributed by atoms with E-state index in [0.717, 1.165) is 43.6 Å². The Kier molecular flexibility index (Phi) is 4.79. The normalized spacial score (nSPS) is 24.2. The van der Waals surface area contributed by atoms with Crippen molar-refractivity contribution in [1.29, 1.82) is 0 Å². The van der Waals surface area contributed by atoms with Gasteiger partial charge in [0, 0.05) is 43.4 Å². The van der Waals surface area contributed by atoms with Crippen molar-refractivity contribution in [2.45, 2.75) is 50.7 Å². The van der Waals surface area contributed by atoms with Crippen LogP contribution in [0.3, 0.4) is 0 Å². The first-order chi connectivity index (χ1) is 12.3. The summed E-state index contributed by atoms with van der Waals surface area (Å²) in [7, 11) is 0. The molecule has 0 aliphatic carbocycles. The molecule has 2 saturated heterocycles. The second-order valence-electron chi connectivity index (χ2n) is 7.16. The van der Waals surface area contributed by atoms with Gasteiger partial charge in [0.2, 0.25) is 5.91 Å². The Balaban J connectivity index is 1.44. The lowest BCUT2D eigenvalue weighted by Gasteiger charge is -2.30. The molecule has 2 aliphatic heterocycles. The fraction of sp³-hybridized carbons (Fsp3) is 0.429. The summed E-state index contributed by atoms with van der Waals surface area (Å²) in [5, 5.41) is 3.24. The highest BCUT2D eigenvalue weighted by Gasteiger charge is 2.35. The first-order valence-corrected chi connectivity index (χ1v) is 9.33. The zero-order chi connectivity index (χ0) is 17.1. The summed E-state index contributed by atoms with van der Waals surface area (Å²) < 4.78 is 0. The van der Waals surface area contributed by atoms with Gasteiger partial charge in [0.15, 0.2) is 0 Å². The van der Waals surface area contributed by atoms with Crippen molar-refractivity contribution in [3.8, 4) is 11.3 Å². The van der Waals surface area contributed by atoms with Gasteiger partial charge in [0.1, 0.15) is 0 Å². The van der Waals surface area contributed by atoms with Gasteiger partial charge < -0.3 is 5.32 Å². The van der Waals surface area contributed by atoms with Crippen LogP contribution < -0.4 is 5.32 Å². The van der Waals surface area contributed by atoms with Gasteiger partial charge in [-0.15, -0.1) is 0 Å². The molecular weight excluding hydrogens is 310 g/mol. The highest BCUT2D eigenvalue weighted by Crippen LogP contribution is 2.27. The molecule has 1 aromatic heterocycles. The molecule has 2 aromatic rings. The van der Waals surface area contributed by atoms with Crippen molar-refractivity contribution in [3.63, 3.8) is 0 Å². The van der Waals surface area contributed by atoms with Crippen LogP contribution in [0.15, 0.2) is 48.7 Å². The molecule has 0 bridgehead atoms. The van der Waals surface area contributed by atoms with Gasteiger partial charge in [-0.3, -0.25) is 14.7 Å². The van der Waals surface area contributed by atoms with E-state index < -0.39 is 0 Å². The molecule has 2 atom stereocenters. The van der Waals surface area contributed by atoms with Crippen molar-refractivity contribution in [3.05, 3.63) is 54.2 Å². The maximum Gasteiger partial charge on any atom is 0.220 e. The number of pyridine rings is 1. The number of likely N-dealkylation sites (tertiary alicyclic amines) is 1. The standard InChI is InChI=1S/C21H25N3O/c25-21-7-2-1-6-20-19(23-21)12-14-24(20)15-16-8-10-17(11-9-16)18-5-3-4-13-22-18/h3-5,8-11,13,19-20H,1-2,6-7,12,14-15H2,(H,23,25)/t19-,20+/m0/s1. The average Bonchev–Trinajstić information content (AvgIpc) is 2.99. The number of nitrogens with one attached hydrogen (secondary N) is 1. The Bertz CT molecular complexity index is 714. The number of aromatic nitrogens is 1. The molecule has 3 heterocycles. The van der Waals surface area contributed by atoms with Crippen molar-refractivity contribution in [2.24, 2.45) is 0 Å². The van der Waals surface area contributed by atoms with Gasteiger partial charge in [-0.1, -0.05) is 36.8 Å². The Morgan fingerprint density at radius 1 is 1.08 bits per heavy atom. The predicted octanol–water partition coefficient (Wildman–Crippen LogP) is 3.38. The first kappa shape index (κ1) is 16.3. The Morgan fingerprint density at radius 2 is 1.96 bits per heavy atom. The van der Waals surface area contributed by atoms with Crippen LogP contribution in [0, 0.1) is 0 Å². The number of carbonyl (C=O) groups excluding carboxylic acids is 1. The van der Waals surface area contributed by atoms with E-state index in [-0.39, 0.29) is 5.91 Å². The Labute approximate surface area is 149 Å². The monoisotopic (exact) mass is 335 g/mol. The molecule has 130 valence electrons. The van der Waals surface area contributed by atoms with Crippen LogP contribution in [-0.4, -0.2) is 34.4 Å². The highest BCUT2D eigenvalue weighted by atomic mass is 16.1. The summed E-state index contributed by atoms with van der Waals surface area (Å²) in [5.74, 6) is 0.233. The summed E-state index contributed by atoms with van der Waals surface area (Å²) >= 11 is 0. The molecule has 4 rings (SSSR count). The maximum absolute atomic E-state index is 11.9. The van der Waals surface area contributed by atoms with Crippen molar-refractivity contribution in [2.75, 3.05) is 6.54 Å². The molecule has 1 aromatic carbocycles. The molecule has 0 saturated carbocycles. The van der Waals surface area contributed by atoms with Gasteiger partial charge >= 0.3 is 0 Å². The zero-order valence-electron chi connectivity index (χ0n) is 14.5. The molecule has 2 fully saturated rings. The van der Waals surface area contributed by atoms with E-state index in [4.69, 9.17) is 0 Å². The van der Waals surface area contributed by atoms with Gasteiger partial charge in [-0.2, -0.15) is 0 Å². The van der Waals surface area contributed by atoms with E-state index in [1.165, 1.54) is 12.0 Å². The quantitative estimate of drug-likeness (QED) is 0.935. The SMILES string of the molecule is O=C1CCCC[C@@H]2[C@H](CCN2Cc2ccc(-c3ccccn3)cc2)N1. The fourth-order valence-corrected chi connectivity index (χ4v) is 4.13. The molecule has 4 nitrogen and oxygen atoms in total. The van der Waals surface area contributed by atoms with Crippen molar-refractivity contribution >= 4 is 5.91 Å². The molecule has 1 N–H and O–H groups in total. The number of amides is 1. The lowest BCUT2D eigenvalue weighted by atomic mass is 9.98. The minimum absolute atomic E-state index is 0.233. The van der Waals surface area contributed by atoms with Crippen molar-refractivity contribution < 1.29 is 4.79 Å². The number of fused-ring (bicyclic) bond motifs is 1. The Morgan fingerprint density at radius 3 is 2.76 bits per heavy atom. The maximum atomic E-state index is 11.9. The molecule has 1 amide bonds. The summed E-state index contributed by atoms with van der Waals surface area (Å²) in [6, 6.07) is 15.5. The van der Waals surface area contributed by atoms with E-state index in [9.17, 15) is 4.79 Å². The predicted molar refractivity (Wildman–Crippen MR) is 98.9 cm³/mol. The fourth-order valence-electron chi connectivity index (χ4n) is 4.13. The number of hydrogen-bond acceptors (Lipinski definition) is 3. The summed E-state index contributed by atoms with van der Waals surface area (Å²) in [5.41, 5.74) is 3.49. The lowest BCUT2D eigenvalue weighted by molar-refractivity contribution is -0.122. The zero-order valence-corrected chi connectivity index (χ0v) is 14.5. The largest absolute Gasteiger partial charge is 0.352 e. The molecule has 4 heteroatoms. The third-order valence-corrected chi connectivity index (χ3v) is 5.46.